The third kappa shape index (κ3) is 10.0. The summed E-state index contributed by atoms with van der Waals surface area (Å²) in [6.07, 6.45) is 0.873. The van der Waals surface area contributed by atoms with E-state index in [0.717, 1.165) is 21.6 Å². The van der Waals surface area contributed by atoms with Gasteiger partial charge >= 0.3 is 5.97 Å². The Labute approximate surface area is 278 Å². The molecule has 5 amide bonds. The van der Waals surface area contributed by atoms with Crippen molar-refractivity contribution in [1.29, 1.82) is 0 Å². The van der Waals surface area contributed by atoms with Crippen LogP contribution in [0.25, 0.3) is 0 Å². The third-order valence-electron chi connectivity index (χ3n) is 7.70. The van der Waals surface area contributed by atoms with Crippen molar-refractivity contribution in [1.82, 2.24) is 26.2 Å². The highest BCUT2D eigenvalue weighted by Crippen LogP contribution is 2.25. The standard InChI is InChI=1S/C31H37N5O9S2/c1-17(37)32-22(13-18-4-8-20(38)9-5-18)27(40)34-24-15-46-47-16-25(31(44)45)35-29(42)26-3-2-12-36(26)30(43)23(33-28(24)41)14-19-6-10-21(39)11-7-19/h4-11,22-26,38-39H,2-3,12-16H2,1H3,(H,32,37)(H,33,41)(H,34,40)(H,35,42)(H,44,45)/t22-,23-,24-,25-,26-/m0/s1. The Kier molecular flexibility index (Phi) is 12.4. The summed E-state index contributed by atoms with van der Waals surface area (Å²) >= 11 is 0. The molecule has 0 spiro atoms. The number of hydrogen-bond acceptors (Lipinski definition) is 10. The molecule has 2 fully saturated rings. The molecule has 5 atom stereocenters. The van der Waals surface area contributed by atoms with E-state index in [1.54, 1.807) is 24.3 Å². The van der Waals surface area contributed by atoms with Gasteiger partial charge in [-0.3, -0.25) is 24.0 Å². The average Bonchev–Trinajstić information content (AvgIpc) is 3.52. The Morgan fingerprint density at radius 3 is 2.15 bits per heavy atom. The number of nitrogens with one attached hydrogen (secondary N) is 4. The first-order chi connectivity index (χ1) is 22.4. The summed E-state index contributed by atoms with van der Waals surface area (Å²) in [6, 6.07) is 6.51. The molecule has 14 nitrogen and oxygen atoms in total. The molecule has 7 N–H and O–H groups in total. The minimum atomic E-state index is -1.26. The highest BCUT2D eigenvalue weighted by Gasteiger charge is 2.40. The van der Waals surface area contributed by atoms with Crippen molar-refractivity contribution in [2.24, 2.45) is 0 Å². The Balaban J connectivity index is 1.62. The number of carboxylic acid groups (broad SMARTS) is 1. The molecule has 4 rings (SSSR count). The molecule has 0 radical (unpaired) electrons. The molecule has 0 saturated carbocycles. The molecule has 2 aliphatic heterocycles. The molecule has 47 heavy (non-hydrogen) atoms. The van der Waals surface area contributed by atoms with Crippen LogP contribution in [0.3, 0.4) is 0 Å². The van der Waals surface area contributed by atoms with Crippen LogP contribution in [0, 0.1) is 0 Å². The molecular formula is C31H37N5O9S2. The molecule has 0 aromatic heterocycles. The molecule has 252 valence electrons. The van der Waals surface area contributed by atoms with Crippen LogP contribution < -0.4 is 21.3 Å². The van der Waals surface area contributed by atoms with Crippen LogP contribution >= 0.6 is 21.6 Å². The molecule has 0 bridgehead atoms. The first kappa shape index (κ1) is 35.4. The van der Waals surface area contributed by atoms with Gasteiger partial charge in [-0.25, -0.2) is 4.79 Å². The van der Waals surface area contributed by atoms with Gasteiger partial charge in [0.05, 0.1) is 0 Å². The zero-order valence-electron chi connectivity index (χ0n) is 25.5. The second-order valence-corrected chi connectivity index (χ2v) is 13.8. The lowest BCUT2D eigenvalue weighted by atomic mass is 10.0. The fraction of sp³-hybridized carbons (Fsp3) is 0.419. The second kappa shape index (κ2) is 16.4. The zero-order chi connectivity index (χ0) is 34.1. The molecule has 2 aliphatic rings. The molecule has 16 heteroatoms. The number of amides is 5. The van der Waals surface area contributed by atoms with E-state index in [2.05, 4.69) is 21.3 Å². The summed E-state index contributed by atoms with van der Waals surface area (Å²) in [4.78, 5) is 79.8. The van der Waals surface area contributed by atoms with E-state index in [4.69, 9.17) is 0 Å². The summed E-state index contributed by atoms with van der Waals surface area (Å²) in [5.74, 6) is -4.29. The molecule has 0 aliphatic carbocycles. The first-order valence-electron chi connectivity index (χ1n) is 14.9. The SMILES string of the molecule is CC(=O)N[C@@H](Cc1ccc(O)cc1)C(=O)N[C@H]1CSSC[C@@H](C(=O)O)NC(=O)[C@@H]2CCCN2C(=O)[C@H](Cc2ccc(O)cc2)NC1=O. The number of rotatable bonds is 8. The fourth-order valence-electron chi connectivity index (χ4n) is 5.30. The van der Waals surface area contributed by atoms with E-state index in [9.17, 15) is 44.1 Å². The maximum absolute atomic E-state index is 14.0. The molecular weight excluding hydrogens is 651 g/mol. The predicted octanol–water partition coefficient (Wildman–Crippen LogP) is 0.313. The molecule has 2 aromatic carbocycles. The summed E-state index contributed by atoms with van der Waals surface area (Å²) in [5.41, 5.74) is 1.25. The van der Waals surface area contributed by atoms with E-state index in [0.29, 0.717) is 24.0 Å². The van der Waals surface area contributed by atoms with Gasteiger partial charge in [-0.1, -0.05) is 45.9 Å². The van der Waals surface area contributed by atoms with Crippen molar-refractivity contribution in [2.75, 3.05) is 18.1 Å². The number of hydrogen-bond donors (Lipinski definition) is 7. The van der Waals surface area contributed by atoms with Crippen LogP contribution in [-0.4, -0.2) is 104 Å². The van der Waals surface area contributed by atoms with Crippen LogP contribution in [0.5, 0.6) is 11.5 Å². The number of aliphatic carboxylic acids is 1. The van der Waals surface area contributed by atoms with E-state index in [1.165, 1.54) is 36.1 Å². The van der Waals surface area contributed by atoms with Gasteiger partial charge in [-0.15, -0.1) is 0 Å². The zero-order valence-corrected chi connectivity index (χ0v) is 27.1. The smallest absolute Gasteiger partial charge is 0.327 e. The van der Waals surface area contributed by atoms with Gasteiger partial charge in [-0.2, -0.15) is 0 Å². The van der Waals surface area contributed by atoms with Gasteiger partial charge in [-0.05, 0) is 48.2 Å². The number of nitrogens with zero attached hydrogens (tertiary/aromatic N) is 1. The number of carbonyl (C=O) groups is 6. The number of carboxylic acids is 1. The third-order valence-corrected chi connectivity index (χ3v) is 10.1. The van der Waals surface area contributed by atoms with Crippen molar-refractivity contribution >= 4 is 57.1 Å². The number of carbonyl (C=O) groups excluding carboxylic acids is 5. The number of phenolic OH excluding ortho intramolecular Hbond substituents is 2. The van der Waals surface area contributed by atoms with Gasteiger partial charge in [0.15, 0.2) is 0 Å². The largest absolute Gasteiger partial charge is 0.508 e. The van der Waals surface area contributed by atoms with Crippen LogP contribution in [0.15, 0.2) is 48.5 Å². The van der Waals surface area contributed by atoms with E-state index >= 15 is 0 Å². The number of aromatic hydroxyl groups is 2. The van der Waals surface area contributed by atoms with Gasteiger partial charge in [0.2, 0.25) is 29.5 Å². The van der Waals surface area contributed by atoms with Crippen LogP contribution in [0.2, 0.25) is 0 Å². The van der Waals surface area contributed by atoms with Crippen molar-refractivity contribution in [3.8, 4) is 11.5 Å². The summed E-state index contributed by atoms with van der Waals surface area (Å²) in [6.45, 7) is 1.47. The fourth-order valence-corrected chi connectivity index (χ4v) is 7.61. The van der Waals surface area contributed by atoms with Crippen LogP contribution in [-0.2, 0) is 41.6 Å². The minimum absolute atomic E-state index is 0.00533. The molecule has 2 saturated heterocycles. The maximum atomic E-state index is 14.0. The molecule has 0 unspecified atom stereocenters. The Morgan fingerprint density at radius 2 is 1.53 bits per heavy atom. The highest BCUT2D eigenvalue weighted by atomic mass is 33.1. The quantitative estimate of drug-likeness (QED) is 0.188. The average molecular weight is 688 g/mol. The first-order valence-corrected chi connectivity index (χ1v) is 17.4. The van der Waals surface area contributed by atoms with Crippen molar-refractivity contribution in [3.63, 3.8) is 0 Å². The molecule has 2 aromatic rings. The maximum Gasteiger partial charge on any atom is 0.327 e. The Morgan fingerprint density at radius 1 is 0.915 bits per heavy atom. The summed E-state index contributed by atoms with van der Waals surface area (Å²) < 4.78 is 0. The minimum Gasteiger partial charge on any atom is -0.508 e. The van der Waals surface area contributed by atoms with Crippen molar-refractivity contribution < 1.29 is 44.1 Å². The van der Waals surface area contributed by atoms with Gasteiger partial charge in [0, 0.05) is 37.8 Å². The van der Waals surface area contributed by atoms with Gasteiger partial charge in [0.25, 0.3) is 0 Å². The normalized spacial score (nSPS) is 23.0. The van der Waals surface area contributed by atoms with Crippen LogP contribution in [0.4, 0.5) is 0 Å². The van der Waals surface area contributed by atoms with Gasteiger partial charge < -0.3 is 41.5 Å². The Bertz CT molecular complexity index is 1470. The highest BCUT2D eigenvalue weighted by molar-refractivity contribution is 8.76. The van der Waals surface area contributed by atoms with E-state index < -0.39 is 65.7 Å². The lowest BCUT2D eigenvalue weighted by Crippen LogP contribution is -2.60. The van der Waals surface area contributed by atoms with Crippen LogP contribution in [0.1, 0.15) is 30.9 Å². The number of phenols is 2. The predicted molar refractivity (Wildman–Crippen MR) is 174 cm³/mol. The van der Waals surface area contributed by atoms with E-state index in [1.807, 2.05) is 0 Å². The monoisotopic (exact) mass is 687 g/mol. The topological polar surface area (TPSA) is 214 Å². The summed E-state index contributed by atoms with van der Waals surface area (Å²) in [7, 11) is 2.20. The van der Waals surface area contributed by atoms with E-state index in [-0.39, 0.29) is 42.4 Å². The second-order valence-electron chi connectivity index (χ2n) is 11.3. The van der Waals surface area contributed by atoms with Gasteiger partial charge in [0.1, 0.15) is 41.7 Å². The lowest BCUT2D eigenvalue weighted by molar-refractivity contribution is -0.144. The van der Waals surface area contributed by atoms with Crippen molar-refractivity contribution in [3.05, 3.63) is 59.7 Å². The molecule has 2 heterocycles. The number of fused-ring (bicyclic) bond motifs is 1. The van der Waals surface area contributed by atoms with Crippen molar-refractivity contribution in [2.45, 2.75) is 62.8 Å². The number of benzene rings is 2. The summed E-state index contributed by atoms with van der Waals surface area (Å²) in [5, 5.41) is 39.7. The Hall–Kier alpha value is -4.44. The lowest BCUT2D eigenvalue weighted by Gasteiger charge is -2.31.